The number of aryl methyl sites for hydroxylation is 2. The van der Waals surface area contributed by atoms with Crippen molar-refractivity contribution in [2.45, 2.75) is 20.4 Å². The molecule has 1 aromatic heterocycles. The molecule has 2 N–H and O–H groups in total. The van der Waals surface area contributed by atoms with Crippen LogP contribution >= 0.6 is 0 Å². The zero-order valence-corrected chi connectivity index (χ0v) is 11.2. The molecule has 2 rings (SSSR count). The summed E-state index contributed by atoms with van der Waals surface area (Å²) >= 11 is 0. The minimum atomic E-state index is -0.418. The predicted molar refractivity (Wildman–Crippen MR) is 72.6 cm³/mol. The molecular formula is C13H14N4O3. The van der Waals surface area contributed by atoms with Crippen molar-refractivity contribution in [1.82, 2.24) is 9.97 Å². The first kappa shape index (κ1) is 13.9. The molecule has 20 heavy (non-hydrogen) atoms. The Morgan fingerprint density at radius 3 is 2.45 bits per heavy atom. The van der Waals surface area contributed by atoms with Gasteiger partial charge in [-0.3, -0.25) is 10.1 Å². The minimum absolute atomic E-state index is 0.0641. The molecule has 0 unspecified atom stereocenters. The summed E-state index contributed by atoms with van der Waals surface area (Å²) < 4.78 is 5.54. The van der Waals surface area contributed by atoms with E-state index in [4.69, 9.17) is 10.5 Å². The van der Waals surface area contributed by atoms with Crippen LogP contribution in [-0.2, 0) is 6.54 Å². The quantitative estimate of drug-likeness (QED) is 0.677. The van der Waals surface area contributed by atoms with Gasteiger partial charge in [0.1, 0.15) is 5.75 Å². The van der Waals surface area contributed by atoms with Crippen molar-refractivity contribution >= 4 is 5.69 Å². The lowest BCUT2D eigenvalue weighted by Crippen LogP contribution is -2.00. The van der Waals surface area contributed by atoms with Crippen molar-refractivity contribution in [3.8, 4) is 11.8 Å². The van der Waals surface area contributed by atoms with E-state index in [-0.39, 0.29) is 11.7 Å². The first-order valence-electron chi connectivity index (χ1n) is 5.95. The van der Waals surface area contributed by atoms with Gasteiger partial charge < -0.3 is 10.5 Å². The van der Waals surface area contributed by atoms with Crippen LogP contribution in [0.3, 0.4) is 0 Å². The molecule has 7 heteroatoms. The third-order valence-corrected chi connectivity index (χ3v) is 2.81. The Kier molecular flexibility index (Phi) is 3.90. The molecule has 0 radical (unpaired) electrons. The molecule has 0 aliphatic carbocycles. The van der Waals surface area contributed by atoms with Crippen LogP contribution in [-0.4, -0.2) is 14.9 Å². The Morgan fingerprint density at radius 2 is 1.90 bits per heavy atom. The molecule has 0 saturated heterocycles. The molecule has 7 nitrogen and oxygen atoms in total. The van der Waals surface area contributed by atoms with Gasteiger partial charge in [0, 0.05) is 36.1 Å². The standard InChI is InChI=1S/C13H14N4O3/c1-8-4-12(9(2)3-11(8)17(18)19)20-13-15-6-10(5-14)7-16-13/h3-4,6-7H,5,14H2,1-2H3. The second-order valence-electron chi connectivity index (χ2n) is 4.34. The Labute approximate surface area is 115 Å². The topological polar surface area (TPSA) is 104 Å². The number of nitrogens with zero attached hydrogens (tertiary/aromatic N) is 3. The zero-order valence-electron chi connectivity index (χ0n) is 11.2. The second-order valence-corrected chi connectivity index (χ2v) is 4.34. The molecule has 0 aliphatic rings. The largest absolute Gasteiger partial charge is 0.424 e. The van der Waals surface area contributed by atoms with E-state index >= 15 is 0 Å². The lowest BCUT2D eigenvalue weighted by molar-refractivity contribution is -0.385. The van der Waals surface area contributed by atoms with Crippen molar-refractivity contribution in [3.05, 3.63) is 51.3 Å². The minimum Gasteiger partial charge on any atom is -0.424 e. The highest BCUT2D eigenvalue weighted by Crippen LogP contribution is 2.29. The van der Waals surface area contributed by atoms with Gasteiger partial charge in [-0.05, 0) is 25.5 Å². The summed E-state index contributed by atoms with van der Waals surface area (Å²) in [6.45, 7) is 3.74. The van der Waals surface area contributed by atoms with Gasteiger partial charge in [-0.15, -0.1) is 0 Å². The number of nitro benzene ring substituents is 1. The summed E-state index contributed by atoms with van der Waals surface area (Å²) in [7, 11) is 0. The smallest absolute Gasteiger partial charge is 0.321 e. The Bertz CT molecular complexity index is 641. The van der Waals surface area contributed by atoms with Crippen LogP contribution in [0.5, 0.6) is 11.8 Å². The molecule has 0 bridgehead atoms. The Balaban J connectivity index is 2.29. The Morgan fingerprint density at radius 1 is 1.25 bits per heavy atom. The lowest BCUT2D eigenvalue weighted by atomic mass is 10.1. The number of nitrogens with two attached hydrogens (primary N) is 1. The van der Waals surface area contributed by atoms with Crippen molar-refractivity contribution in [2.75, 3.05) is 0 Å². The van der Waals surface area contributed by atoms with Crippen molar-refractivity contribution < 1.29 is 9.66 Å². The van der Waals surface area contributed by atoms with Gasteiger partial charge in [-0.2, -0.15) is 0 Å². The average molecular weight is 274 g/mol. The van der Waals surface area contributed by atoms with Gasteiger partial charge in [0.2, 0.25) is 0 Å². The number of hydrogen-bond donors (Lipinski definition) is 1. The van der Waals surface area contributed by atoms with E-state index in [9.17, 15) is 10.1 Å². The maximum Gasteiger partial charge on any atom is 0.321 e. The summed E-state index contributed by atoms with van der Waals surface area (Å²) in [5, 5.41) is 10.8. The number of nitro groups is 1. The van der Waals surface area contributed by atoms with E-state index < -0.39 is 4.92 Å². The van der Waals surface area contributed by atoms with Gasteiger partial charge in [0.25, 0.3) is 5.69 Å². The van der Waals surface area contributed by atoms with Crippen LogP contribution < -0.4 is 10.5 Å². The number of rotatable bonds is 4. The maximum atomic E-state index is 10.8. The summed E-state index contributed by atoms with van der Waals surface area (Å²) in [4.78, 5) is 18.5. The Hall–Kier alpha value is -2.54. The highest BCUT2D eigenvalue weighted by molar-refractivity contribution is 5.49. The highest BCUT2D eigenvalue weighted by atomic mass is 16.6. The highest BCUT2D eigenvalue weighted by Gasteiger charge is 2.15. The molecule has 0 saturated carbocycles. The first-order valence-corrected chi connectivity index (χ1v) is 5.95. The van der Waals surface area contributed by atoms with Crippen molar-refractivity contribution in [2.24, 2.45) is 5.73 Å². The van der Waals surface area contributed by atoms with E-state index in [1.165, 1.54) is 6.07 Å². The first-order chi connectivity index (χ1) is 9.51. The molecule has 0 amide bonds. The van der Waals surface area contributed by atoms with E-state index in [0.29, 0.717) is 23.4 Å². The fourth-order valence-corrected chi connectivity index (χ4v) is 1.68. The average Bonchev–Trinajstić information content (AvgIpc) is 2.43. The normalized spacial score (nSPS) is 10.3. The van der Waals surface area contributed by atoms with Crippen molar-refractivity contribution in [3.63, 3.8) is 0 Å². The molecule has 2 aromatic rings. The van der Waals surface area contributed by atoms with Gasteiger partial charge >= 0.3 is 6.01 Å². The monoisotopic (exact) mass is 274 g/mol. The fourth-order valence-electron chi connectivity index (χ4n) is 1.68. The van der Waals surface area contributed by atoms with E-state index in [1.807, 2.05) is 0 Å². The third-order valence-electron chi connectivity index (χ3n) is 2.81. The molecular weight excluding hydrogens is 260 g/mol. The van der Waals surface area contributed by atoms with Crippen LogP contribution in [0.15, 0.2) is 24.5 Å². The molecule has 104 valence electrons. The van der Waals surface area contributed by atoms with Crippen LogP contribution in [0.2, 0.25) is 0 Å². The second kappa shape index (κ2) is 5.62. The van der Waals surface area contributed by atoms with Gasteiger partial charge in [0.15, 0.2) is 0 Å². The number of ether oxygens (including phenoxy) is 1. The van der Waals surface area contributed by atoms with Crippen LogP contribution in [0, 0.1) is 24.0 Å². The number of benzene rings is 1. The SMILES string of the molecule is Cc1cc([N+](=O)[O-])c(C)cc1Oc1ncc(CN)cn1. The van der Waals surface area contributed by atoms with Crippen molar-refractivity contribution in [1.29, 1.82) is 0 Å². The van der Waals surface area contributed by atoms with Crippen LogP contribution in [0.25, 0.3) is 0 Å². The van der Waals surface area contributed by atoms with Crippen LogP contribution in [0.4, 0.5) is 5.69 Å². The van der Waals surface area contributed by atoms with Gasteiger partial charge in [0.05, 0.1) is 4.92 Å². The molecule has 0 aliphatic heterocycles. The molecule has 0 atom stereocenters. The fraction of sp³-hybridized carbons (Fsp3) is 0.231. The van der Waals surface area contributed by atoms with E-state index in [0.717, 1.165) is 5.56 Å². The third kappa shape index (κ3) is 2.89. The maximum absolute atomic E-state index is 10.8. The van der Waals surface area contributed by atoms with Crippen LogP contribution in [0.1, 0.15) is 16.7 Å². The molecule has 0 fully saturated rings. The summed E-state index contributed by atoms with van der Waals surface area (Å²) in [5.74, 6) is 0.494. The zero-order chi connectivity index (χ0) is 14.7. The predicted octanol–water partition coefficient (Wildman–Crippen LogP) is 2.25. The lowest BCUT2D eigenvalue weighted by Gasteiger charge is -2.08. The summed E-state index contributed by atoms with van der Waals surface area (Å²) in [5.41, 5.74) is 7.49. The molecule has 1 heterocycles. The summed E-state index contributed by atoms with van der Waals surface area (Å²) in [6, 6.07) is 3.26. The number of aromatic nitrogens is 2. The van der Waals surface area contributed by atoms with Gasteiger partial charge in [-0.1, -0.05) is 0 Å². The number of hydrogen-bond acceptors (Lipinski definition) is 6. The van der Waals surface area contributed by atoms with Gasteiger partial charge in [-0.25, -0.2) is 9.97 Å². The van der Waals surface area contributed by atoms with E-state index in [1.54, 1.807) is 32.3 Å². The molecule has 0 spiro atoms. The summed E-state index contributed by atoms with van der Waals surface area (Å²) in [6.07, 6.45) is 3.16. The van der Waals surface area contributed by atoms with E-state index in [2.05, 4.69) is 9.97 Å². The molecule has 1 aromatic carbocycles.